The Kier molecular flexibility index (Phi) is 4.70. The van der Waals surface area contributed by atoms with E-state index in [0.29, 0.717) is 13.2 Å². The maximum absolute atomic E-state index is 12.4. The Morgan fingerprint density at radius 2 is 1.67 bits per heavy atom. The van der Waals surface area contributed by atoms with Gasteiger partial charge in [-0.05, 0) is 24.5 Å². The first kappa shape index (κ1) is 18.7. The lowest BCUT2D eigenvalue weighted by Gasteiger charge is -2.20. The molecule has 1 aliphatic carbocycles. The number of esters is 1. The quantitative estimate of drug-likeness (QED) is 0.588. The largest absolute Gasteiger partial charge is 0.507 e. The summed E-state index contributed by atoms with van der Waals surface area (Å²) in [7, 11) is 0. The average Bonchev–Trinajstić information content (AvgIpc) is 3.43. The molecule has 4 heteroatoms. The topological polar surface area (TPSA) is 55.8 Å². The second-order valence-electron chi connectivity index (χ2n) is 7.85. The van der Waals surface area contributed by atoms with E-state index in [1.165, 1.54) is 0 Å². The molecule has 3 aromatic carbocycles. The van der Waals surface area contributed by atoms with Gasteiger partial charge >= 0.3 is 5.97 Å². The zero-order chi connectivity index (χ0) is 20.7. The number of fused-ring (bicyclic) bond motifs is 1. The predicted molar refractivity (Wildman–Crippen MR) is 116 cm³/mol. The van der Waals surface area contributed by atoms with Gasteiger partial charge in [-0.3, -0.25) is 4.79 Å². The SMILES string of the molecule is CCOC(=O)[C@@H]1C[C@H]1c1c2c(c(-c3ccccc3)c(O)c1-c1ccccc1)CCO2. The molecule has 0 spiro atoms. The lowest BCUT2D eigenvalue weighted by atomic mass is 9.86. The molecule has 152 valence electrons. The predicted octanol–water partition coefficient (Wildman–Crippen LogP) is 5.33. The highest BCUT2D eigenvalue weighted by atomic mass is 16.5. The van der Waals surface area contributed by atoms with Gasteiger partial charge in [-0.2, -0.15) is 0 Å². The summed E-state index contributed by atoms with van der Waals surface area (Å²) in [6, 6.07) is 19.8. The molecule has 1 aliphatic heterocycles. The van der Waals surface area contributed by atoms with Gasteiger partial charge in [0.2, 0.25) is 0 Å². The van der Waals surface area contributed by atoms with E-state index in [0.717, 1.165) is 52.0 Å². The van der Waals surface area contributed by atoms with Crippen LogP contribution in [0.5, 0.6) is 11.5 Å². The molecule has 1 saturated carbocycles. The van der Waals surface area contributed by atoms with Crippen molar-refractivity contribution >= 4 is 5.97 Å². The third kappa shape index (κ3) is 3.04. The van der Waals surface area contributed by atoms with Crippen LogP contribution in [-0.2, 0) is 16.0 Å². The molecule has 1 fully saturated rings. The molecule has 5 rings (SSSR count). The summed E-state index contributed by atoms with van der Waals surface area (Å²) in [5.41, 5.74) is 5.48. The van der Waals surface area contributed by atoms with E-state index in [-0.39, 0.29) is 23.6 Å². The van der Waals surface area contributed by atoms with Crippen molar-refractivity contribution in [3.8, 4) is 33.8 Å². The Labute approximate surface area is 176 Å². The number of aromatic hydroxyl groups is 1. The number of phenolic OH excluding ortho intramolecular Hbond substituents is 1. The van der Waals surface area contributed by atoms with Crippen molar-refractivity contribution in [1.29, 1.82) is 0 Å². The number of rotatable bonds is 5. The summed E-state index contributed by atoms with van der Waals surface area (Å²) in [4.78, 5) is 12.4. The van der Waals surface area contributed by atoms with Crippen LogP contribution in [0, 0.1) is 5.92 Å². The third-order valence-corrected chi connectivity index (χ3v) is 6.04. The normalized spacial score (nSPS) is 19.1. The van der Waals surface area contributed by atoms with Crippen molar-refractivity contribution in [3.63, 3.8) is 0 Å². The highest BCUT2D eigenvalue weighted by molar-refractivity contribution is 5.91. The van der Waals surface area contributed by atoms with Crippen LogP contribution in [-0.4, -0.2) is 24.3 Å². The van der Waals surface area contributed by atoms with Crippen LogP contribution in [0.1, 0.15) is 30.4 Å². The molecule has 3 aromatic rings. The van der Waals surface area contributed by atoms with Gasteiger partial charge in [-0.1, -0.05) is 60.7 Å². The second-order valence-corrected chi connectivity index (χ2v) is 7.85. The molecule has 1 N–H and O–H groups in total. The number of phenols is 1. The maximum Gasteiger partial charge on any atom is 0.309 e. The van der Waals surface area contributed by atoms with Crippen molar-refractivity contribution in [1.82, 2.24) is 0 Å². The van der Waals surface area contributed by atoms with Gasteiger partial charge in [0.1, 0.15) is 11.5 Å². The van der Waals surface area contributed by atoms with Crippen LogP contribution < -0.4 is 4.74 Å². The Morgan fingerprint density at radius 3 is 2.30 bits per heavy atom. The van der Waals surface area contributed by atoms with E-state index in [1.54, 1.807) is 0 Å². The Bertz CT molecular complexity index is 1090. The molecule has 0 saturated heterocycles. The first-order chi connectivity index (χ1) is 14.7. The minimum Gasteiger partial charge on any atom is -0.507 e. The summed E-state index contributed by atoms with van der Waals surface area (Å²) in [5.74, 6) is 0.757. The molecule has 0 radical (unpaired) electrons. The van der Waals surface area contributed by atoms with E-state index < -0.39 is 0 Å². The van der Waals surface area contributed by atoms with Gasteiger partial charge in [-0.15, -0.1) is 0 Å². The lowest BCUT2D eigenvalue weighted by molar-refractivity contribution is -0.144. The fourth-order valence-electron chi connectivity index (χ4n) is 4.63. The highest BCUT2D eigenvalue weighted by Gasteiger charge is 2.49. The monoisotopic (exact) mass is 400 g/mol. The van der Waals surface area contributed by atoms with E-state index in [2.05, 4.69) is 0 Å². The van der Waals surface area contributed by atoms with Crippen LogP contribution in [0.25, 0.3) is 22.3 Å². The highest BCUT2D eigenvalue weighted by Crippen LogP contribution is 2.60. The van der Waals surface area contributed by atoms with Gasteiger partial charge in [0.25, 0.3) is 0 Å². The van der Waals surface area contributed by atoms with Gasteiger partial charge in [0, 0.05) is 34.6 Å². The Hall–Kier alpha value is -3.27. The number of carbonyl (C=O) groups is 1. The lowest BCUT2D eigenvalue weighted by Crippen LogP contribution is -2.08. The van der Waals surface area contributed by atoms with Crippen molar-refractivity contribution in [2.24, 2.45) is 5.92 Å². The minimum absolute atomic E-state index is 0.00169. The molecular weight excluding hydrogens is 376 g/mol. The molecule has 30 heavy (non-hydrogen) atoms. The molecule has 0 aromatic heterocycles. The Morgan fingerprint density at radius 1 is 1.03 bits per heavy atom. The molecular formula is C26H24O4. The number of hydrogen-bond donors (Lipinski definition) is 1. The summed E-state index contributed by atoms with van der Waals surface area (Å²) in [6.07, 6.45) is 1.46. The van der Waals surface area contributed by atoms with E-state index in [4.69, 9.17) is 9.47 Å². The average molecular weight is 400 g/mol. The van der Waals surface area contributed by atoms with Crippen LogP contribution in [0.2, 0.25) is 0 Å². The fourth-order valence-corrected chi connectivity index (χ4v) is 4.63. The van der Waals surface area contributed by atoms with E-state index in [1.807, 2.05) is 67.6 Å². The second kappa shape index (κ2) is 7.52. The zero-order valence-corrected chi connectivity index (χ0v) is 16.9. The summed E-state index contributed by atoms with van der Waals surface area (Å²) >= 11 is 0. The molecule has 0 bridgehead atoms. The summed E-state index contributed by atoms with van der Waals surface area (Å²) < 4.78 is 11.4. The summed E-state index contributed by atoms with van der Waals surface area (Å²) in [6.45, 7) is 2.78. The van der Waals surface area contributed by atoms with E-state index >= 15 is 0 Å². The molecule has 2 atom stereocenters. The van der Waals surface area contributed by atoms with Crippen molar-refractivity contribution in [3.05, 3.63) is 71.8 Å². The standard InChI is InChI=1S/C26H24O4/c1-2-29-26(28)20-15-19(20)23-22(17-11-7-4-8-12-17)24(27)21(16-9-5-3-6-10-16)18-13-14-30-25(18)23/h3-12,19-20,27H,2,13-15H2,1H3/t19-,20-/m1/s1. The van der Waals surface area contributed by atoms with Crippen LogP contribution in [0.4, 0.5) is 0 Å². The van der Waals surface area contributed by atoms with Crippen LogP contribution in [0.3, 0.4) is 0 Å². The van der Waals surface area contributed by atoms with Crippen molar-refractivity contribution in [2.45, 2.75) is 25.7 Å². The van der Waals surface area contributed by atoms with Gasteiger partial charge in [-0.25, -0.2) is 0 Å². The van der Waals surface area contributed by atoms with Crippen molar-refractivity contribution in [2.75, 3.05) is 13.2 Å². The van der Waals surface area contributed by atoms with Gasteiger partial charge in [0.15, 0.2) is 0 Å². The third-order valence-electron chi connectivity index (χ3n) is 6.04. The van der Waals surface area contributed by atoms with Crippen molar-refractivity contribution < 1.29 is 19.4 Å². The molecule has 0 amide bonds. The number of carbonyl (C=O) groups excluding carboxylic acids is 1. The minimum atomic E-state index is -0.178. The molecule has 0 unspecified atom stereocenters. The van der Waals surface area contributed by atoms with Gasteiger partial charge < -0.3 is 14.6 Å². The van der Waals surface area contributed by atoms with Gasteiger partial charge in [0.05, 0.1) is 19.1 Å². The zero-order valence-electron chi connectivity index (χ0n) is 16.9. The van der Waals surface area contributed by atoms with Crippen LogP contribution >= 0.6 is 0 Å². The van der Waals surface area contributed by atoms with E-state index in [9.17, 15) is 9.90 Å². The number of hydrogen-bond acceptors (Lipinski definition) is 4. The number of ether oxygens (including phenoxy) is 2. The maximum atomic E-state index is 12.4. The first-order valence-corrected chi connectivity index (χ1v) is 10.5. The fraction of sp³-hybridized carbons (Fsp3) is 0.269. The molecule has 1 heterocycles. The van der Waals surface area contributed by atoms with Crippen LogP contribution in [0.15, 0.2) is 60.7 Å². The molecule has 4 nitrogen and oxygen atoms in total. The first-order valence-electron chi connectivity index (χ1n) is 10.5. The summed E-state index contributed by atoms with van der Waals surface area (Å²) in [5, 5.41) is 11.6. The molecule has 2 aliphatic rings. The number of benzene rings is 3. The smallest absolute Gasteiger partial charge is 0.309 e. The Balaban J connectivity index is 1.74.